The second-order valence-corrected chi connectivity index (χ2v) is 7.12. The molecule has 1 N–H and O–H groups in total. The molecule has 5 heteroatoms. The van der Waals surface area contributed by atoms with Crippen LogP contribution in [0.25, 0.3) is 0 Å². The average molecular weight is 283 g/mol. The third-order valence-corrected chi connectivity index (χ3v) is 5.97. The maximum atomic E-state index is 12.4. The highest BCUT2D eigenvalue weighted by Crippen LogP contribution is 2.14. The molecule has 1 aliphatic rings. The molecule has 0 saturated carbocycles. The molecule has 0 bridgehead atoms. The predicted molar refractivity (Wildman–Crippen MR) is 75.7 cm³/mol. The van der Waals surface area contributed by atoms with Gasteiger partial charge in [-0.05, 0) is 25.5 Å². The first-order valence-corrected chi connectivity index (χ1v) is 8.39. The van der Waals surface area contributed by atoms with Crippen molar-refractivity contribution >= 4 is 10.0 Å². The first-order chi connectivity index (χ1) is 9.05. The van der Waals surface area contributed by atoms with E-state index in [1.807, 2.05) is 6.07 Å². The summed E-state index contributed by atoms with van der Waals surface area (Å²) in [5.41, 5.74) is 0. The van der Waals surface area contributed by atoms with E-state index in [2.05, 4.69) is 13.8 Å². The summed E-state index contributed by atoms with van der Waals surface area (Å²) >= 11 is 0. The van der Waals surface area contributed by atoms with Crippen molar-refractivity contribution in [3.05, 3.63) is 30.3 Å². The smallest absolute Gasteiger partial charge is 0.243 e. The minimum atomic E-state index is -3.30. The summed E-state index contributed by atoms with van der Waals surface area (Å²) in [6.07, 6.45) is 1.14. The number of quaternary nitrogens is 1. The van der Waals surface area contributed by atoms with Crippen molar-refractivity contribution in [2.24, 2.45) is 0 Å². The first kappa shape index (κ1) is 14.5. The molecular formula is C14H23N2O2S+. The van der Waals surface area contributed by atoms with Crippen LogP contribution in [-0.2, 0) is 10.0 Å². The Morgan fingerprint density at radius 1 is 1.21 bits per heavy atom. The Balaban J connectivity index is 2.06. The number of rotatable bonds is 4. The molecular weight excluding hydrogens is 260 g/mol. The molecule has 1 saturated heterocycles. The van der Waals surface area contributed by atoms with Crippen LogP contribution in [0.4, 0.5) is 0 Å². The van der Waals surface area contributed by atoms with E-state index in [1.54, 1.807) is 28.6 Å². The zero-order valence-corrected chi connectivity index (χ0v) is 12.5. The van der Waals surface area contributed by atoms with Crippen molar-refractivity contribution in [1.29, 1.82) is 0 Å². The Hall–Kier alpha value is -0.910. The van der Waals surface area contributed by atoms with Crippen LogP contribution < -0.4 is 4.90 Å². The SMILES string of the molecule is CCC(C)[NH+]1CCN(S(=O)(=O)c2ccccc2)CC1. The molecule has 1 heterocycles. The summed E-state index contributed by atoms with van der Waals surface area (Å²) in [6.45, 7) is 7.47. The molecule has 0 spiro atoms. The predicted octanol–water partition coefficient (Wildman–Crippen LogP) is 0.374. The van der Waals surface area contributed by atoms with Gasteiger partial charge < -0.3 is 4.90 Å². The molecule has 0 aliphatic carbocycles. The van der Waals surface area contributed by atoms with E-state index in [0.29, 0.717) is 24.0 Å². The highest BCUT2D eigenvalue weighted by atomic mass is 32.2. The van der Waals surface area contributed by atoms with Crippen LogP contribution in [0.3, 0.4) is 0 Å². The third-order valence-electron chi connectivity index (χ3n) is 4.05. The van der Waals surface area contributed by atoms with Gasteiger partial charge in [0.05, 0.1) is 37.1 Å². The van der Waals surface area contributed by atoms with E-state index in [1.165, 1.54) is 4.90 Å². The monoisotopic (exact) mass is 283 g/mol. The summed E-state index contributed by atoms with van der Waals surface area (Å²) in [6, 6.07) is 9.33. The van der Waals surface area contributed by atoms with Gasteiger partial charge in [-0.3, -0.25) is 0 Å². The first-order valence-electron chi connectivity index (χ1n) is 6.95. The molecule has 1 fully saturated rings. The fraction of sp³-hybridized carbons (Fsp3) is 0.571. The van der Waals surface area contributed by atoms with Gasteiger partial charge in [-0.2, -0.15) is 4.31 Å². The molecule has 0 aromatic heterocycles. The van der Waals surface area contributed by atoms with Crippen LogP contribution in [0.15, 0.2) is 35.2 Å². The topological polar surface area (TPSA) is 41.8 Å². The standard InChI is InChI=1S/C14H22N2O2S/c1-3-13(2)15-9-11-16(12-10-15)19(17,18)14-7-5-4-6-8-14/h4-8,13H,3,9-12H2,1-2H3/p+1. The minimum Gasteiger partial charge on any atom is -0.331 e. The molecule has 2 rings (SSSR count). The average Bonchev–Trinajstić information content (AvgIpc) is 2.47. The van der Waals surface area contributed by atoms with E-state index in [9.17, 15) is 8.42 Å². The molecule has 1 unspecified atom stereocenters. The lowest BCUT2D eigenvalue weighted by atomic mass is 10.2. The zero-order chi connectivity index (χ0) is 13.9. The molecule has 1 aromatic carbocycles. The quantitative estimate of drug-likeness (QED) is 0.868. The van der Waals surface area contributed by atoms with Crippen LogP contribution in [-0.4, -0.2) is 44.9 Å². The van der Waals surface area contributed by atoms with Gasteiger partial charge in [0.1, 0.15) is 0 Å². The molecule has 4 nitrogen and oxygen atoms in total. The fourth-order valence-corrected chi connectivity index (χ4v) is 4.00. The Morgan fingerprint density at radius 3 is 2.32 bits per heavy atom. The van der Waals surface area contributed by atoms with Crippen LogP contribution in [0.1, 0.15) is 20.3 Å². The van der Waals surface area contributed by atoms with Crippen LogP contribution in [0, 0.1) is 0 Å². The number of sulfonamides is 1. The van der Waals surface area contributed by atoms with Crippen molar-refractivity contribution in [2.45, 2.75) is 31.2 Å². The minimum absolute atomic E-state index is 0.405. The highest BCUT2D eigenvalue weighted by Gasteiger charge is 2.31. The summed E-state index contributed by atoms with van der Waals surface area (Å²) < 4.78 is 26.5. The van der Waals surface area contributed by atoms with Gasteiger partial charge >= 0.3 is 0 Å². The van der Waals surface area contributed by atoms with Gasteiger partial charge in [-0.25, -0.2) is 8.42 Å². The van der Waals surface area contributed by atoms with Crippen molar-refractivity contribution in [2.75, 3.05) is 26.2 Å². The Morgan fingerprint density at radius 2 is 1.79 bits per heavy atom. The number of hydrogen-bond donors (Lipinski definition) is 1. The third kappa shape index (κ3) is 3.16. The van der Waals surface area contributed by atoms with E-state index in [4.69, 9.17) is 0 Å². The van der Waals surface area contributed by atoms with E-state index < -0.39 is 10.0 Å². The summed E-state index contributed by atoms with van der Waals surface area (Å²) in [4.78, 5) is 1.92. The Bertz CT molecular complexity index is 493. The lowest BCUT2D eigenvalue weighted by molar-refractivity contribution is -0.927. The van der Waals surface area contributed by atoms with Gasteiger partial charge in [-0.1, -0.05) is 25.1 Å². The summed E-state index contributed by atoms with van der Waals surface area (Å²) in [5.74, 6) is 0. The number of nitrogens with zero attached hydrogens (tertiary/aromatic N) is 1. The second-order valence-electron chi connectivity index (χ2n) is 5.18. The van der Waals surface area contributed by atoms with Crippen LogP contribution in [0.5, 0.6) is 0 Å². The summed E-state index contributed by atoms with van der Waals surface area (Å²) in [7, 11) is -3.30. The van der Waals surface area contributed by atoms with Crippen molar-refractivity contribution < 1.29 is 13.3 Å². The van der Waals surface area contributed by atoms with Crippen LogP contribution in [0.2, 0.25) is 0 Å². The Kier molecular flexibility index (Phi) is 4.60. The fourth-order valence-electron chi connectivity index (χ4n) is 2.54. The van der Waals surface area contributed by atoms with Gasteiger partial charge in [0.2, 0.25) is 10.0 Å². The molecule has 1 atom stereocenters. The van der Waals surface area contributed by atoms with Gasteiger partial charge in [0, 0.05) is 0 Å². The lowest BCUT2D eigenvalue weighted by Crippen LogP contribution is -3.17. The number of piperazine rings is 1. The van der Waals surface area contributed by atoms with Crippen molar-refractivity contribution in [3.8, 4) is 0 Å². The van der Waals surface area contributed by atoms with Gasteiger partial charge in [0.15, 0.2) is 0 Å². The van der Waals surface area contributed by atoms with Crippen molar-refractivity contribution in [3.63, 3.8) is 0 Å². The van der Waals surface area contributed by atoms with Crippen LogP contribution >= 0.6 is 0 Å². The van der Waals surface area contributed by atoms with E-state index >= 15 is 0 Å². The molecule has 0 radical (unpaired) electrons. The second kappa shape index (κ2) is 6.03. The van der Waals surface area contributed by atoms with Gasteiger partial charge in [-0.15, -0.1) is 0 Å². The molecule has 0 amide bonds. The molecule has 19 heavy (non-hydrogen) atoms. The summed E-state index contributed by atoms with van der Waals surface area (Å²) in [5, 5.41) is 0. The number of benzene rings is 1. The molecule has 106 valence electrons. The Labute approximate surface area is 116 Å². The maximum absolute atomic E-state index is 12.4. The maximum Gasteiger partial charge on any atom is 0.243 e. The molecule has 1 aromatic rings. The number of hydrogen-bond acceptors (Lipinski definition) is 2. The molecule has 1 aliphatic heterocycles. The normalized spacial score (nSPS) is 20.3. The van der Waals surface area contributed by atoms with E-state index in [0.717, 1.165) is 19.5 Å². The lowest BCUT2D eigenvalue weighted by Gasteiger charge is -2.34. The zero-order valence-electron chi connectivity index (χ0n) is 11.7. The largest absolute Gasteiger partial charge is 0.331 e. The van der Waals surface area contributed by atoms with Gasteiger partial charge in [0.25, 0.3) is 0 Å². The highest BCUT2D eigenvalue weighted by molar-refractivity contribution is 7.89. The number of nitrogens with one attached hydrogen (secondary N) is 1. The van der Waals surface area contributed by atoms with Crippen molar-refractivity contribution in [1.82, 2.24) is 4.31 Å². The van der Waals surface area contributed by atoms with E-state index in [-0.39, 0.29) is 0 Å².